The number of methoxy groups -OCH3 is 1. The molecule has 0 saturated carbocycles. The van der Waals surface area contributed by atoms with E-state index in [2.05, 4.69) is 10.1 Å². The summed E-state index contributed by atoms with van der Waals surface area (Å²) in [7, 11) is 2.96. The summed E-state index contributed by atoms with van der Waals surface area (Å²) in [6.45, 7) is 0.960. The largest absolute Gasteiger partial charge is 0.453 e. The molecule has 0 saturated heterocycles. The van der Waals surface area contributed by atoms with Crippen molar-refractivity contribution >= 4 is 41.3 Å². The normalized spacial score (nSPS) is 10.5. The summed E-state index contributed by atoms with van der Waals surface area (Å²) < 4.78 is 4.56. The molecule has 0 radical (unpaired) electrons. The van der Waals surface area contributed by atoms with Gasteiger partial charge in [-0.3, -0.25) is 4.79 Å². The van der Waals surface area contributed by atoms with Gasteiger partial charge < -0.3 is 15.0 Å². The molecule has 5 nitrogen and oxygen atoms in total. The zero-order valence-electron chi connectivity index (χ0n) is 12.4. The van der Waals surface area contributed by atoms with Gasteiger partial charge in [-0.25, -0.2) is 4.79 Å². The number of halogens is 2. The molecule has 0 spiro atoms. The van der Waals surface area contributed by atoms with E-state index in [4.69, 9.17) is 23.2 Å². The van der Waals surface area contributed by atoms with E-state index < -0.39 is 6.09 Å². The topological polar surface area (TPSA) is 58.6 Å². The van der Waals surface area contributed by atoms with Gasteiger partial charge in [-0.2, -0.15) is 0 Å². The average Bonchev–Trinajstić information content (AvgIpc) is 2.47. The summed E-state index contributed by atoms with van der Waals surface area (Å²) in [6, 6.07) is 5.05. The average molecular weight is 345 g/mol. The van der Waals surface area contributed by atoms with Gasteiger partial charge >= 0.3 is 6.09 Å². The molecule has 0 bridgehead atoms. The Balaban J connectivity index is 2.34. The second-order valence-electron chi connectivity index (χ2n) is 4.57. The lowest BCUT2D eigenvalue weighted by molar-refractivity contribution is -0.116. The minimum atomic E-state index is -0.399. The number of rotatable bonds is 6. The first-order valence-electron chi connectivity index (χ1n) is 6.63. The van der Waals surface area contributed by atoms with E-state index in [-0.39, 0.29) is 5.91 Å². The molecule has 0 aliphatic heterocycles. The Morgan fingerprint density at radius 3 is 2.50 bits per heavy atom. The monoisotopic (exact) mass is 344 g/mol. The lowest BCUT2D eigenvalue weighted by Gasteiger charge is -2.14. The molecule has 0 unspecified atom stereocenters. The number of nitrogens with zero attached hydrogens (tertiary/aromatic N) is 1. The molecule has 0 aromatic heterocycles. The van der Waals surface area contributed by atoms with Crippen LogP contribution in [0.2, 0.25) is 10.0 Å². The molecule has 120 valence electrons. The number of nitrogens with one attached hydrogen (secondary N) is 1. The minimum Gasteiger partial charge on any atom is -0.453 e. The smallest absolute Gasteiger partial charge is 0.409 e. The van der Waals surface area contributed by atoms with Crippen LogP contribution >= 0.6 is 23.2 Å². The Bertz CT molecular complexity index is 541. The van der Waals surface area contributed by atoms with Gasteiger partial charge in [-0.15, -0.1) is 0 Å². The molecule has 1 aromatic rings. The van der Waals surface area contributed by atoms with Crippen molar-refractivity contribution in [3.05, 3.63) is 39.9 Å². The molecule has 0 fully saturated rings. The van der Waals surface area contributed by atoms with E-state index in [9.17, 15) is 9.59 Å². The summed E-state index contributed by atoms with van der Waals surface area (Å²) in [6.07, 6.45) is 3.28. The van der Waals surface area contributed by atoms with E-state index in [1.165, 1.54) is 18.1 Å². The van der Waals surface area contributed by atoms with Crippen molar-refractivity contribution in [3.8, 4) is 0 Å². The maximum absolute atomic E-state index is 11.7. The van der Waals surface area contributed by atoms with Crippen LogP contribution in [-0.4, -0.2) is 44.1 Å². The molecule has 0 aliphatic rings. The molecule has 0 heterocycles. The van der Waals surface area contributed by atoms with Crippen LogP contribution in [0, 0.1) is 0 Å². The molecular formula is C15H18Cl2N2O3. The fourth-order valence-corrected chi connectivity index (χ4v) is 2.22. The van der Waals surface area contributed by atoms with Gasteiger partial charge in [0.15, 0.2) is 0 Å². The van der Waals surface area contributed by atoms with Crippen molar-refractivity contribution in [3.63, 3.8) is 0 Å². The second kappa shape index (κ2) is 9.33. The summed E-state index contributed by atoms with van der Waals surface area (Å²) in [5.41, 5.74) is 0.748. The van der Waals surface area contributed by atoms with Crippen molar-refractivity contribution in [2.24, 2.45) is 0 Å². The maximum Gasteiger partial charge on any atom is 0.409 e. The number of amides is 2. The van der Waals surface area contributed by atoms with Crippen LogP contribution in [-0.2, 0) is 9.53 Å². The quantitative estimate of drug-likeness (QED) is 0.636. The van der Waals surface area contributed by atoms with Crippen LogP contribution in [0.25, 0.3) is 6.08 Å². The van der Waals surface area contributed by atoms with Crippen molar-refractivity contribution in [2.45, 2.75) is 6.42 Å². The van der Waals surface area contributed by atoms with Crippen molar-refractivity contribution in [1.29, 1.82) is 0 Å². The van der Waals surface area contributed by atoms with Crippen molar-refractivity contribution in [1.82, 2.24) is 10.2 Å². The second-order valence-corrected chi connectivity index (χ2v) is 5.45. The van der Waals surface area contributed by atoms with Crippen LogP contribution in [0.15, 0.2) is 24.3 Å². The fourth-order valence-electron chi connectivity index (χ4n) is 1.68. The van der Waals surface area contributed by atoms with E-state index in [0.29, 0.717) is 29.6 Å². The predicted octanol–water partition coefficient (Wildman–Crippen LogP) is 3.21. The van der Waals surface area contributed by atoms with Gasteiger partial charge in [0.05, 0.1) is 7.11 Å². The highest BCUT2D eigenvalue weighted by atomic mass is 35.5. The number of ether oxygens (including phenoxy) is 1. The third kappa shape index (κ3) is 6.83. The minimum absolute atomic E-state index is 0.225. The van der Waals surface area contributed by atoms with Gasteiger partial charge in [0.25, 0.3) is 0 Å². The highest BCUT2D eigenvalue weighted by molar-refractivity contribution is 6.34. The Labute approximate surface area is 139 Å². The number of hydrogen-bond acceptors (Lipinski definition) is 3. The van der Waals surface area contributed by atoms with Crippen molar-refractivity contribution < 1.29 is 14.3 Å². The first kappa shape index (κ1) is 18.3. The molecule has 1 aromatic carbocycles. The summed E-state index contributed by atoms with van der Waals surface area (Å²) >= 11 is 11.7. The van der Waals surface area contributed by atoms with Gasteiger partial charge in [-0.05, 0) is 36.3 Å². The van der Waals surface area contributed by atoms with E-state index in [1.807, 2.05) is 0 Å². The third-order valence-electron chi connectivity index (χ3n) is 2.77. The molecule has 1 rings (SSSR count). The number of carbonyl (C=O) groups excluding carboxylic acids is 2. The van der Waals surface area contributed by atoms with Crippen LogP contribution in [0.3, 0.4) is 0 Å². The zero-order chi connectivity index (χ0) is 16.5. The lowest BCUT2D eigenvalue weighted by Crippen LogP contribution is -2.30. The molecule has 0 atom stereocenters. The Morgan fingerprint density at radius 1 is 1.27 bits per heavy atom. The summed E-state index contributed by atoms with van der Waals surface area (Å²) in [4.78, 5) is 24.2. The van der Waals surface area contributed by atoms with Crippen molar-refractivity contribution in [2.75, 3.05) is 27.2 Å². The summed E-state index contributed by atoms with van der Waals surface area (Å²) in [5, 5.41) is 3.75. The molecule has 2 amide bonds. The number of benzene rings is 1. The molecule has 7 heteroatoms. The highest BCUT2D eigenvalue weighted by Gasteiger charge is 2.06. The Kier molecular flexibility index (Phi) is 7.77. The highest BCUT2D eigenvalue weighted by Crippen LogP contribution is 2.19. The third-order valence-corrected chi connectivity index (χ3v) is 3.20. The molecule has 1 N–H and O–H groups in total. The van der Waals surface area contributed by atoms with Gasteiger partial charge in [0, 0.05) is 36.3 Å². The van der Waals surface area contributed by atoms with E-state index >= 15 is 0 Å². The van der Waals surface area contributed by atoms with Crippen LogP contribution in [0.1, 0.15) is 12.0 Å². The maximum atomic E-state index is 11.7. The first-order valence-corrected chi connectivity index (χ1v) is 7.39. The molecule has 0 aliphatic carbocycles. The van der Waals surface area contributed by atoms with Crippen LogP contribution in [0.5, 0.6) is 0 Å². The van der Waals surface area contributed by atoms with Gasteiger partial charge in [-0.1, -0.05) is 23.2 Å². The predicted molar refractivity (Wildman–Crippen MR) is 88.2 cm³/mol. The first-order chi connectivity index (χ1) is 10.4. The van der Waals surface area contributed by atoms with E-state index in [0.717, 1.165) is 5.56 Å². The summed E-state index contributed by atoms with van der Waals surface area (Å²) in [5.74, 6) is -0.225. The SMILES string of the molecule is COC(=O)N(C)CCCNC(=O)/C=C/c1cc(Cl)cc(Cl)c1. The van der Waals surface area contributed by atoms with Crippen LogP contribution < -0.4 is 5.32 Å². The number of hydrogen-bond donors (Lipinski definition) is 1. The fraction of sp³-hybridized carbons (Fsp3) is 0.333. The molecule has 22 heavy (non-hydrogen) atoms. The Hall–Kier alpha value is -1.72. The standard InChI is InChI=1S/C15H18Cl2N2O3/c1-19(15(21)22-2)7-3-6-18-14(20)5-4-11-8-12(16)10-13(17)9-11/h4-5,8-10H,3,6-7H2,1-2H3,(H,18,20)/b5-4+. The number of carbonyl (C=O) groups is 2. The van der Waals surface area contributed by atoms with E-state index in [1.54, 1.807) is 31.3 Å². The van der Waals surface area contributed by atoms with Crippen LogP contribution in [0.4, 0.5) is 4.79 Å². The molecular weight excluding hydrogens is 327 g/mol. The Morgan fingerprint density at radius 2 is 1.91 bits per heavy atom. The van der Waals surface area contributed by atoms with Gasteiger partial charge in [0.1, 0.15) is 0 Å². The zero-order valence-corrected chi connectivity index (χ0v) is 13.9. The lowest BCUT2D eigenvalue weighted by atomic mass is 10.2. The van der Waals surface area contributed by atoms with Gasteiger partial charge in [0.2, 0.25) is 5.91 Å².